The van der Waals surface area contributed by atoms with Crippen LogP contribution in [0.4, 0.5) is 11.5 Å². The average Bonchev–Trinajstić information content (AvgIpc) is 3.48. The summed E-state index contributed by atoms with van der Waals surface area (Å²) in [6, 6.07) is 11.4. The Balaban J connectivity index is 1.22. The van der Waals surface area contributed by atoms with Crippen molar-refractivity contribution in [3.63, 3.8) is 0 Å². The first-order valence-electron chi connectivity index (χ1n) is 12.7. The molecule has 3 N–H and O–H groups in total. The minimum Gasteiger partial charge on any atom is -0.384 e. The molecule has 7 nitrogen and oxygen atoms in total. The van der Waals surface area contributed by atoms with E-state index in [1.807, 2.05) is 30.0 Å². The number of anilines is 2. The predicted molar refractivity (Wildman–Crippen MR) is 137 cm³/mol. The first kappa shape index (κ1) is 24.9. The summed E-state index contributed by atoms with van der Waals surface area (Å²) >= 11 is 0. The maximum absolute atomic E-state index is 12.8. The lowest BCUT2D eigenvalue weighted by Gasteiger charge is -2.18. The normalized spacial score (nSPS) is 20.7. The summed E-state index contributed by atoms with van der Waals surface area (Å²) in [6.45, 7) is 4.46. The molecule has 1 aromatic carbocycles. The average molecular weight is 477 g/mol. The maximum atomic E-state index is 12.8. The van der Waals surface area contributed by atoms with E-state index in [2.05, 4.69) is 22.4 Å². The van der Waals surface area contributed by atoms with Gasteiger partial charge in [0.25, 0.3) is 0 Å². The van der Waals surface area contributed by atoms with Crippen LogP contribution in [-0.2, 0) is 27.2 Å². The molecule has 0 unspecified atom stereocenters. The molecule has 1 saturated heterocycles. The van der Waals surface area contributed by atoms with Crippen LogP contribution in [0.2, 0.25) is 0 Å². The van der Waals surface area contributed by atoms with Gasteiger partial charge in [0.1, 0.15) is 5.82 Å². The van der Waals surface area contributed by atoms with Crippen molar-refractivity contribution in [2.24, 2.45) is 11.8 Å². The number of nitrogen functional groups attached to an aromatic ring is 1. The van der Waals surface area contributed by atoms with Gasteiger partial charge in [-0.2, -0.15) is 0 Å². The van der Waals surface area contributed by atoms with E-state index in [0.717, 1.165) is 55.6 Å². The van der Waals surface area contributed by atoms with Crippen LogP contribution >= 0.6 is 0 Å². The molecule has 1 aromatic heterocycles. The summed E-state index contributed by atoms with van der Waals surface area (Å²) in [6.07, 6.45) is 6.16. The second kappa shape index (κ2) is 11.0. The highest BCUT2D eigenvalue weighted by atomic mass is 16.2. The quantitative estimate of drug-likeness (QED) is 0.573. The van der Waals surface area contributed by atoms with E-state index in [1.54, 1.807) is 13.0 Å². The number of nitrogens with one attached hydrogen (secondary N) is 1. The van der Waals surface area contributed by atoms with Gasteiger partial charge in [0.2, 0.25) is 11.8 Å². The smallest absolute Gasteiger partial charge is 0.227 e. The minimum atomic E-state index is -0.496. The van der Waals surface area contributed by atoms with Gasteiger partial charge in [-0.3, -0.25) is 14.4 Å². The Labute approximate surface area is 207 Å². The number of nitrogens with zero attached hydrogens (tertiary/aromatic N) is 2. The minimum absolute atomic E-state index is 0.0124. The third-order valence-electron chi connectivity index (χ3n) is 7.46. The molecule has 35 heavy (non-hydrogen) atoms. The summed E-state index contributed by atoms with van der Waals surface area (Å²) in [4.78, 5) is 43.5. The second-order valence-electron chi connectivity index (χ2n) is 10.1. The van der Waals surface area contributed by atoms with Crippen LogP contribution in [0.25, 0.3) is 0 Å². The van der Waals surface area contributed by atoms with E-state index >= 15 is 0 Å². The number of benzene rings is 1. The first-order valence-corrected chi connectivity index (χ1v) is 12.7. The van der Waals surface area contributed by atoms with Crippen molar-refractivity contribution in [2.75, 3.05) is 17.2 Å². The number of hydrogen-bond donors (Lipinski definition) is 2. The number of Topliss-reactive ketones (excluding diaryl/α,β-unsaturated/α-hetero) is 1. The third-order valence-corrected chi connectivity index (χ3v) is 7.46. The standard InChI is InChI=1S/C28H36N4O3/c1-18-22(10-14-26(29)30-18)9-13-25(33)19(2)31-28(35)23-8-5-21(17-23)16-20-6-11-24(12-7-20)32-15-3-4-27(32)34/h6-7,10-12,14,19,21,23H,3-5,8-9,13,15-17H2,1-2H3,(H2,29,30)(H,31,35)/t19-,21-,23+/m0/s1. The Kier molecular flexibility index (Phi) is 7.83. The molecule has 7 heteroatoms. The maximum Gasteiger partial charge on any atom is 0.227 e. The summed E-state index contributed by atoms with van der Waals surface area (Å²) in [7, 11) is 0. The molecule has 1 saturated carbocycles. The van der Waals surface area contributed by atoms with Crippen LogP contribution in [0, 0.1) is 18.8 Å². The Morgan fingerprint density at radius 1 is 1.17 bits per heavy atom. The van der Waals surface area contributed by atoms with E-state index in [-0.39, 0.29) is 23.5 Å². The van der Waals surface area contributed by atoms with Crippen LogP contribution < -0.4 is 16.0 Å². The van der Waals surface area contributed by atoms with Crippen LogP contribution in [0.15, 0.2) is 36.4 Å². The zero-order valence-electron chi connectivity index (χ0n) is 20.8. The molecule has 2 heterocycles. The predicted octanol–water partition coefficient (Wildman–Crippen LogP) is 3.76. The Bertz CT molecular complexity index is 1080. The van der Waals surface area contributed by atoms with E-state index in [4.69, 9.17) is 5.73 Å². The van der Waals surface area contributed by atoms with Crippen molar-refractivity contribution >= 4 is 29.1 Å². The highest BCUT2D eigenvalue weighted by molar-refractivity contribution is 5.95. The van der Waals surface area contributed by atoms with E-state index < -0.39 is 6.04 Å². The molecule has 0 bridgehead atoms. The number of carbonyl (C=O) groups excluding carboxylic acids is 3. The molecule has 1 aliphatic heterocycles. The second-order valence-corrected chi connectivity index (χ2v) is 10.1. The molecular weight excluding hydrogens is 440 g/mol. The summed E-state index contributed by atoms with van der Waals surface area (Å²) in [5.41, 5.74) is 9.75. The number of aromatic nitrogens is 1. The van der Waals surface area contributed by atoms with Crippen molar-refractivity contribution in [3.05, 3.63) is 53.2 Å². The van der Waals surface area contributed by atoms with E-state index in [1.165, 1.54) is 5.56 Å². The van der Waals surface area contributed by atoms with Crippen LogP contribution in [-0.4, -0.2) is 35.2 Å². The summed E-state index contributed by atoms with van der Waals surface area (Å²) in [5, 5.41) is 2.95. The molecule has 2 fully saturated rings. The van der Waals surface area contributed by atoms with Crippen molar-refractivity contribution in [3.8, 4) is 0 Å². The summed E-state index contributed by atoms with van der Waals surface area (Å²) in [5.74, 6) is 1.11. The zero-order chi connectivity index (χ0) is 24.9. The largest absolute Gasteiger partial charge is 0.384 e. The van der Waals surface area contributed by atoms with E-state index in [0.29, 0.717) is 31.0 Å². The van der Waals surface area contributed by atoms with Gasteiger partial charge in [0.15, 0.2) is 5.78 Å². The molecule has 2 amide bonds. The lowest BCUT2D eigenvalue weighted by molar-refractivity contribution is -0.129. The fourth-order valence-electron chi connectivity index (χ4n) is 5.32. The van der Waals surface area contributed by atoms with Crippen molar-refractivity contribution in [2.45, 2.75) is 71.3 Å². The molecule has 2 aromatic rings. The Hall–Kier alpha value is -3.22. The number of aryl methyl sites for hydroxylation is 2. The number of ketones is 1. The Morgan fingerprint density at radius 3 is 2.63 bits per heavy atom. The number of hydrogen-bond acceptors (Lipinski definition) is 5. The first-order chi connectivity index (χ1) is 16.8. The zero-order valence-corrected chi connectivity index (χ0v) is 20.8. The topological polar surface area (TPSA) is 105 Å². The molecular formula is C28H36N4O3. The van der Waals surface area contributed by atoms with Gasteiger partial charge in [-0.15, -0.1) is 0 Å². The molecule has 2 aliphatic rings. The Morgan fingerprint density at radius 2 is 1.94 bits per heavy atom. The molecule has 3 atom stereocenters. The third kappa shape index (κ3) is 6.27. The van der Waals surface area contributed by atoms with Gasteiger partial charge < -0.3 is 16.0 Å². The van der Waals surface area contributed by atoms with Gasteiger partial charge in [-0.05, 0) is 87.6 Å². The molecule has 0 spiro atoms. The molecule has 0 radical (unpaired) electrons. The number of pyridine rings is 1. The summed E-state index contributed by atoms with van der Waals surface area (Å²) < 4.78 is 0. The highest BCUT2D eigenvalue weighted by Gasteiger charge is 2.31. The number of nitrogens with two attached hydrogens (primary N) is 1. The monoisotopic (exact) mass is 476 g/mol. The lowest BCUT2D eigenvalue weighted by atomic mass is 9.96. The number of rotatable bonds is 9. The lowest BCUT2D eigenvalue weighted by Crippen LogP contribution is -2.41. The number of carbonyl (C=O) groups is 3. The van der Waals surface area contributed by atoms with Gasteiger partial charge >= 0.3 is 0 Å². The fourth-order valence-corrected chi connectivity index (χ4v) is 5.32. The van der Waals surface area contributed by atoms with Crippen LogP contribution in [0.3, 0.4) is 0 Å². The molecule has 4 rings (SSSR count). The molecule has 1 aliphatic carbocycles. The van der Waals surface area contributed by atoms with Crippen LogP contribution in [0.5, 0.6) is 0 Å². The van der Waals surface area contributed by atoms with Gasteiger partial charge in [0, 0.05) is 36.7 Å². The van der Waals surface area contributed by atoms with Gasteiger partial charge in [-0.1, -0.05) is 18.2 Å². The van der Waals surface area contributed by atoms with Crippen molar-refractivity contribution < 1.29 is 14.4 Å². The molecule has 186 valence electrons. The van der Waals surface area contributed by atoms with Crippen LogP contribution in [0.1, 0.15) is 62.3 Å². The fraction of sp³-hybridized carbons (Fsp3) is 0.500. The van der Waals surface area contributed by atoms with Gasteiger partial charge in [0.05, 0.1) is 6.04 Å². The van der Waals surface area contributed by atoms with Crippen molar-refractivity contribution in [1.29, 1.82) is 0 Å². The van der Waals surface area contributed by atoms with Crippen molar-refractivity contribution in [1.82, 2.24) is 10.3 Å². The highest BCUT2D eigenvalue weighted by Crippen LogP contribution is 2.34. The SMILES string of the molecule is Cc1nc(N)ccc1CCC(=O)[C@H](C)NC(=O)[C@@H]1CC[C@@H](Cc2ccc(N3CCCC3=O)cc2)C1. The number of amides is 2. The van der Waals surface area contributed by atoms with Gasteiger partial charge in [-0.25, -0.2) is 4.98 Å². The van der Waals surface area contributed by atoms with E-state index in [9.17, 15) is 14.4 Å².